The number of aryl methyl sites for hydroxylation is 1. The molecule has 15 heavy (non-hydrogen) atoms. The fourth-order valence-corrected chi connectivity index (χ4v) is 1.53. The standard InChI is InChI=1S/C12H16N2O/c1-9-2-4-10(5-3-9)8-14-12(15)11-6-7-13-11/h2-5,11,13H,6-8H2,1H3,(H,14,15)/t11-/m1/s1. The van der Waals surface area contributed by atoms with Crippen molar-refractivity contribution in [1.29, 1.82) is 0 Å². The van der Waals surface area contributed by atoms with Crippen LogP contribution in [-0.2, 0) is 11.3 Å². The molecule has 1 aliphatic heterocycles. The molecule has 3 heteroatoms. The second-order valence-corrected chi connectivity index (χ2v) is 4.00. The van der Waals surface area contributed by atoms with Gasteiger partial charge in [-0.2, -0.15) is 0 Å². The third-order valence-corrected chi connectivity index (χ3v) is 2.73. The first-order chi connectivity index (χ1) is 7.25. The average Bonchev–Trinajstić information content (AvgIpc) is 2.14. The Kier molecular flexibility index (Phi) is 3.02. The molecule has 0 aliphatic carbocycles. The van der Waals surface area contributed by atoms with Gasteiger partial charge in [0.15, 0.2) is 0 Å². The van der Waals surface area contributed by atoms with E-state index < -0.39 is 0 Å². The zero-order valence-electron chi connectivity index (χ0n) is 8.92. The second kappa shape index (κ2) is 4.45. The van der Waals surface area contributed by atoms with Gasteiger partial charge in [0.25, 0.3) is 0 Å². The van der Waals surface area contributed by atoms with Crippen LogP contribution in [0.15, 0.2) is 24.3 Å². The monoisotopic (exact) mass is 204 g/mol. The molecule has 1 atom stereocenters. The molecule has 1 aliphatic rings. The van der Waals surface area contributed by atoms with Crippen molar-refractivity contribution in [3.8, 4) is 0 Å². The van der Waals surface area contributed by atoms with Crippen molar-refractivity contribution in [2.75, 3.05) is 6.54 Å². The molecule has 0 saturated carbocycles. The number of hydrogen-bond acceptors (Lipinski definition) is 2. The van der Waals surface area contributed by atoms with Crippen LogP contribution in [0.5, 0.6) is 0 Å². The molecule has 1 saturated heterocycles. The van der Waals surface area contributed by atoms with Crippen LogP contribution in [0.1, 0.15) is 17.5 Å². The number of benzene rings is 1. The molecule has 1 aromatic rings. The van der Waals surface area contributed by atoms with E-state index in [2.05, 4.69) is 29.7 Å². The zero-order chi connectivity index (χ0) is 10.7. The third kappa shape index (κ3) is 2.57. The molecule has 0 unspecified atom stereocenters. The first kappa shape index (κ1) is 10.2. The number of carbonyl (C=O) groups excluding carboxylic acids is 1. The van der Waals surface area contributed by atoms with Gasteiger partial charge in [-0.05, 0) is 25.5 Å². The van der Waals surface area contributed by atoms with Gasteiger partial charge in [-0.1, -0.05) is 29.8 Å². The van der Waals surface area contributed by atoms with E-state index in [1.807, 2.05) is 12.1 Å². The van der Waals surface area contributed by atoms with E-state index in [0.29, 0.717) is 6.54 Å². The van der Waals surface area contributed by atoms with E-state index in [0.717, 1.165) is 18.5 Å². The maximum Gasteiger partial charge on any atom is 0.237 e. The lowest BCUT2D eigenvalue weighted by molar-refractivity contribution is -0.124. The van der Waals surface area contributed by atoms with Crippen molar-refractivity contribution in [3.05, 3.63) is 35.4 Å². The minimum Gasteiger partial charge on any atom is -0.351 e. The molecule has 0 spiro atoms. The van der Waals surface area contributed by atoms with E-state index >= 15 is 0 Å². The minimum absolute atomic E-state index is 0.0375. The van der Waals surface area contributed by atoms with Crippen molar-refractivity contribution < 1.29 is 4.79 Å². The van der Waals surface area contributed by atoms with Crippen LogP contribution in [0, 0.1) is 6.92 Å². The Hall–Kier alpha value is -1.35. The summed E-state index contributed by atoms with van der Waals surface area (Å²) in [6.07, 6.45) is 0.958. The summed E-state index contributed by atoms with van der Waals surface area (Å²) in [5.41, 5.74) is 2.39. The molecule has 0 aromatic heterocycles. The Morgan fingerprint density at radius 1 is 1.47 bits per heavy atom. The Morgan fingerprint density at radius 3 is 2.67 bits per heavy atom. The quantitative estimate of drug-likeness (QED) is 0.770. The summed E-state index contributed by atoms with van der Waals surface area (Å²) in [7, 11) is 0. The van der Waals surface area contributed by atoms with E-state index in [1.54, 1.807) is 0 Å². The topological polar surface area (TPSA) is 41.1 Å². The van der Waals surface area contributed by atoms with Gasteiger partial charge in [-0.3, -0.25) is 4.79 Å². The Balaban J connectivity index is 1.82. The van der Waals surface area contributed by atoms with Gasteiger partial charge in [0, 0.05) is 6.54 Å². The molecule has 3 nitrogen and oxygen atoms in total. The molecule has 1 heterocycles. The highest BCUT2D eigenvalue weighted by Crippen LogP contribution is 2.04. The van der Waals surface area contributed by atoms with Crippen LogP contribution in [0.2, 0.25) is 0 Å². The second-order valence-electron chi connectivity index (χ2n) is 4.00. The van der Waals surface area contributed by atoms with Crippen molar-refractivity contribution >= 4 is 5.91 Å². The summed E-state index contributed by atoms with van der Waals surface area (Å²) in [4.78, 5) is 11.5. The summed E-state index contributed by atoms with van der Waals surface area (Å²) in [5, 5.41) is 6.00. The molecule has 1 aromatic carbocycles. The molecular weight excluding hydrogens is 188 g/mol. The maximum atomic E-state index is 11.5. The largest absolute Gasteiger partial charge is 0.351 e. The molecule has 80 valence electrons. The van der Waals surface area contributed by atoms with Crippen molar-refractivity contribution in [1.82, 2.24) is 10.6 Å². The van der Waals surface area contributed by atoms with Crippen LogP contribution in [-0.4, -0.2) is 18.5 Å². The Morgan fingerprint density at radius 2 is 2.13 bits per heavy atom. The summed E-state index contributed by atoms with van der Waals surface area (Å²) in [6.45, 7) is 3.64. The van der Waals surface area contributed by atoms with Gasteiger partial charge < -0.3 is 10.6 Å². The molecule has 1 amide bonds. The predicted octanol–water partition coefficient (Wildman–Crippen LogP) is 0.973. The Bertz CT molecular complexity index is 341. The summed E-state index contributed by atoms with van der Waals surface area (Å²) in [6, 6.07) is 8.25. The van der Waals surface area contributed by atoms with Gasteiger partial charge in [0.1, 0.15) is 0 Å². The van der Waals surface area contributed by atoms with Crippen LogP contribution >= 0.6 is 0 Å². The van der Waals surface area contributed by atoms with Gasteiger partial charge in [-0.15, -0.1) is 0 Å². The zero-order valence-corrected chi connectivity index (χ0v) is 8.92. The van der Waals surface area contributed by atoms with Crippen molar-refractivity contribution in [2.45, 2.75) is 25.9 Å². The van der Waals surface area contributed by atoms with Gasteiger partial charge >= 0.3 is 0 Å². The highest BCUT2D eigenvalue weighted by Gasteiger charge is 2.23. The molecular formula is C12H16N2O. The number of hydrogen-bond donors (Lipinski definition) is 2. The number of nitrogens with one attached hydrogen (secondary N) is 2. The maximum absolute atomic E-state index is 11.5. The lowest BCUT2D eigenvalue weighted by Gasteiger charge is -2.26. The normalized spacial score (nSPS) is 19.4. The first-order valence-electron chi connectivity index (χ1n) is 5.32. The van der Waals surface area contributed by atoms with Crippen LogP contribution < -0.4 is 10.6 Å². The summed E-state index contributed by atoms with van der Waals surface area (Å²) in [5.74, 6) is 0.113. The molecule has 0 bridgehead atoms. The number of rotatable bonds is 3. The van der Waals surface area contributed by atoms with Crippen LogP contribution in [0.3, 0.4) is 0 Å². The fraction of sp³-hybridized carbons (Fsp3) is 0.417. The van der Waals surface area contributed by atoms with E-state index in [-0.39, 0.29) is 11.9 Å². The van der Waals surface area contributed by atoms with Crippen LogP contribution in [0.25, 0.3) is 0 Å². The predicted molar refractivity (Wildman–Crippen MR) is 59.4 cm³/mol. The lowest BCUT2D eigenvalue weighted by Crippen LogP contribution is -2.52. The van der Waals surface area contributed by atoms with Crippen molar-refractivity contribution in [3.63, 3.8) is 0 Å². The average molecular weight is 204 g/mol. The molecule has 0 radical (unpaired) electrons. The smallest absolute Gasteiger partial charge is 0.237 e. The Labute approximate surface area is 89.9 Å². The SMILES string of the molecule is Cc1ccc(CNC(=O)[C@H]2CCN2)cc1. The molecule has 2 rings (SSSR count). The van der Waals surface area contributed by atoms with Crippen molar-refractivity contribution in [2.24, 2.45) is 0 Å². The highest BCUT2D eigenvalue weighted by molar-refractivity contribution is 5.82. The molecule has 2 N–H and O–H groups in total. The van der Waals surface area contributed by atoms with E-state index in [9.17, 15) is 4.79 Å². The third-order valence-electron chi connectivity index (χ3n) is 2.73. The van der Waals surface area contributed by atoms with Gasteiger partial charge in [0.05, 0.1) is 6.04 Å². The number of carbonyl (C=O) groups is 1. The van der Waals surface area contributed by atoms with Crippen LogP contribution in [0.4, 0.5) is 0 Å². The highest BCUT2D eigenvalue weighted by atomic mass is 16.2. The summed E-state index contributed by atoms with van der Waals surface area (Å²) < 4.78 is 0. The lowest BCUT2D eigenvalue weighted by atomic mass is 10.1. The van der Waals surface area contributed by atoms with Gasteiger partial charge in [0.2, 0.25) is 5.91 Å². The number of amides is 1. The van der Waals surface area contributed by atoms with E-state index in [4.69, 9.17) is 0 Å². The van der Waals surface area contributed by atoms with E-state index in [1.165, 1.54) is 5.56 Å². The summed E-state index contributed by atoms with van der Waals surface area (Å²) >= 11 is 0. The van der Waals surface area contributed by atoms with Gasteiger partial charge in [-0.25, -0.2) is 0 Å². The first-order valence-corrected chi connectivity index (χ1v) is 5.32. The molecule has 1 fully saturated rings. The minimum atomic E-state index is 0.0375. The fourth-order valence-electron chi connectivity index (χ4n) is 1.53.